The van der Waals surface area contributed by atoms with Crippen LogP contribution in [0, 0.1) is 23.6 Å². The van der Waals surface area contributed by atoms with Crippen LogP contribution in [0.5, 0.6) is 0 Å². The van der Waals surface area contributed by atoms with E-state index in [2.05, 4.69) is 13.8 Å². The van der Waals surface area contributed by atoms with Gasteiger partial charge in [0.1, 0.15) is 5.82 Å². The van der Waals surface area contributed by atoms with E-state index in [1.165, 1.54) is 6.07 Å². The molecule has 1 aromatic carbocycles. The van der Waals surface area contributed by atoms with Crippen molar-refractivity contribution in [1.82, 2.24) is 0 Å². The van der Waals surface area contributed by atoms with Gasteiger partial charge in [0.25, 0.3) is 0 Å². The molecule has 0 aromatic heterocycles. The van der Waals surface area contributed by atoms with E-state index in [-0.39, 0.29) is 17.8 Å². The summed E-state index contributed by atoms with van der Waals surface area (Å²) in [6.07, 6.45) is 3.15. The molecule has 3 unspecified atom stereocenters. The number of rotatable bonds is 3. The molecular weight excluding hydrogens is 263 g/mol. The molecule has 0 bridgehead atoms. The predicted octanol–water partition coefficient (Wildman–Crippen LogP) is 4.45. The Kier molecular flexibility index (Phi) is 4.86. The molecule has 1 aliphatic rings. The molecule has 1 nitrogen and oxygen atoms in total. The Morgan fingerprint density at radius 3 is 2.79 bits per heavy atom. The average Bonchev–Trinajstić information content (AvgIpc) is 2.36. The average molecular weight is 285 g/mol. The smallest absolute Gasteiger partial charge is 0.126 e. The third-order valence-corrected chi connectivity index (χ3v) is 4.65. The summed E-state index contributed by atoms with van der Waals surface area (Å²) in [6.45, 7) is 4.44. The monoisotopic (exact) mass is 284 g/mol. The van der Waals surface area contributed by atoms with Crippen LogP contribution in [0.1, 0.15) is 38.7 Å². The number of aliphatic hydroxyl groups is 1. The second kappa shape index (κ2) is 6.23. The molecule has 0 amide bonds. The fourth-order valence-electron chi connectivity index (χ4n) is 3.09. The van der Waals surface area contributed by atoms with Crippen LogP contribution in [0.15, 0.2) is 18.2 Å². The maximum atomic E-state index is 13.8. The third-order valence-electron chi connectivity index (χ3n) is 4.42. The molecule has 1 N–H and O–H groups in total. The van der Waals surface area contributed by atoms with E-state index in [4.69, 9.17) is 11.6 Å². The summed E-state index contributed by atoms with van der Waals surface area (Å²) >= 11 is 5.92. The van der Waals surface area contributed by atoms with Crippen molar-refractivity contribution in [2.45, 2.75) is 45.6 Å². The molecule has 0 radical (unpaired) electrons. The highest BCUT2D eigenvalue weighted by Crippen LogP contribution is 2.36. The van der Waals surface area contributed by atoms with Crippen molar-refractivity contribution in [1.29, 1.82) is 0 Å². The minimum Gasteiger partial charge on any atom is -0.393 e. The number of hydrogen-bond donors (Lipinski definition) is 1. The van der Waals surface area contributed by atoms with E-state index >= 15 is 0 Å². The molecule has 1 aliphatic carbocycles. The van der Waals surface area contributed by atoms with Crippen molar-refractivity contribution in [3.05, 3.63) is 34.6 Å². The lowest BCUT2D eigenvalue weighted by molar-refractivity contribution is 0.0375. The number of benzene rings is 1. The Labute approximate surface area is 119 Å². The van der Waals surface area contributed by atoms with Crippen LogP contribution in [0.4, 0.5) is 4.39 Å². The van der Waals surface area contributed by atoms with E-state index in [1.807, 2.05) is 0 Å². The first-order valence-corrected chi connectivity index (χ1v) is 7.47. The van der Waals surface area contributed by atoms with Crippen molar-refractivity contribution >= 4 is 11.6 Å². The van der Waals surface area contributed by atoms with E-state index in [0.29, 0.717) is 28.8 Å². The van der Waals surface area contributed by atoms with Crippen LogP contribution in [0.2, 0.25) is 5.02 Å². The SMILES string of the molecule is CC(C)C1CCC(O)C(Cc2cc(Cl)ccc2F)C1. The number of halogens is 2. The highest BCUT2D eigenvalue weighted by atomic mass is 35.5. The van der Waals surface area contributed by atoms with Gasteiger partial charge in [-0.15, -0.1) is 0 Å². The first-order chi connectivity index (χ1) is 8.97. The quantitative estimate of drug-likeness (QED) is 0.869. The van der Waals surface area contributed by atoms with Crippen LogP contribution >= 0.6 is 11.6 Å². The Morgan fingerprint density at radius 1 is 1.37 bits per heavy atom. The van der Waals surface area contributed by atoms with Crippen molar-refractivity contribution < 1.29 is 9.50 Å². The highest BCUT2D eigenvalue weighted by Gasteiger charge is 2.31. The lowest BCUT2D eigenvalue weighted by Crippen LogP contribution is -2.32. The van der Waals surface area contributed by atoms with E-state index < -0.39 is 0 Å². The van der Waals surface area contributed by atoms with E-state index in [0.717, 1.165) is 19.3 Å². The largest absolute Gasteiger partial charge is 0.393 e. The Bertz CT molecular complexity index is 433. The second-order valence-corrected chi connectivity index (χ2v) is 6.52. The Balaban J connectivity index is 2.09. The molecule has 1 aromatic rings. The lowest BCUT2D eigenvalue weighted by atomic mass is 9.73. The maximum absolute atomic E-state index is 13.8. The molecule has 106 valence electrons. The van der Waals surface area contributed by atoms with Gasteiger partial charge >= 0.3 is 0 Å². The molecule has 0 aliphatic heterocycles. The van der Waals surface area contributed by atoms with Crippen LogP contribution in [0.3, 0.4) is 0 Å². The molecule has 0 saturated heterocycles. The van der Waals surface area contributed by atoms with Gasteiger partial charge in [-0.3, -0.25) is 0 Å². The molecule has 0 heterocycles. The minimum absolute atomic E-state index is 0.147. The Morgan fingerprint density at radius 2 is 2.11 bits per heavy atom. The summed E-state index contributed by atoms with van der Waals surface area (Å²) in [5.74, 6) is 1.19. The topological polar surface area (TPSA) is 20.2 Å². The van der Waals surface area contributed by atoms with Crippen molar-refractivity contribution in [2.75, 3.05) is 0 Å². The molecule has 1 fully saturated rings. The molecule has 19 heavy (non-hydrogen) atoms. The second-order valence-electron chi connectivity index (χ2n) is 6.08. The van der Waals surface area contributed by atoms with Crippen LogP contribution in [-0.4, -0.2) is 11.2 Å². The zero-order chi connectivity index (χ0) is 14.0. The molecule has 3 atom stereocenters. The fraction of sp³-hybridized carbons (Fsp3) is 0.625. The molecular formula is C16H22ClFO. The van der Waals surface area contributed by atoms with Gasteiger partial charge in [-0.1, -0.05) is 25.4 Å². The van der Waals surface area contributed by atoms with E-state index in [9.17, 15) is 9.50 Å². The third kappa shape index (κ3) is 3.70. The van der Waals surface area contributed by atoms with Crippen molar-refractivity contribution in [3.8, 4) is 0 Å². The zero-order valence-electron chi connectivity index (χ0n) is 11.6. The summed E-state index contributed by atoms with van der Waals surface area (Å²) in [4.78, 5) is 0. The van der Waals surface area contributed by atoms with Crippen molar-refractivity contribution in [2.24, 2.45) is 17.8 Å². The summed E-state index contributed by atoms with van der Waals surface area (Å²) in [5, 5.41) is 10.7. The highest BCUT2D eigenvalue weighted by molar-refractivity contribution is 6.30. The Hall–Kier alpha value is -0.600. The van der Waals surface area contributed by atoms with Gasteiger partial charge in [0.2, 0.25) is 0 Å². The predicted molar refractivity (Wildman–Crippen MR) is 76.8 cm³/mol. The van der Waals surface area contributed by atoms with Gasteiger partial charge in [0.15, 0.2) is 0 Å². The number of hydrogen-bond acceptors (Lipinski definition) is 1. The zero-order valence-corrected chi connectivity index (χ0v) is 12.3. The summed E-state index contributed by atoms with van der Waals surface area (Å²) in [5.41, 5.74) is 0.626. The van der Waals surface area contributed by atoms with Gasteiger partial charge in [-0.05, 0) is 67.2 Å². The lowest BCUT2D eigenvalue weighted by Gasteiger charge is -2.35. The van der Waals surface area contributed by atoms with Crippen LogP contribution < -0.4 is 0 Å². The molecule has 3 heteroatoms. The first kappa shape index (κ1) is 14.8. The summed E-state index contributed by atoms with van der Waals surface area (Å²) in [7, 11) is 0. The molecule has 0 spiro atoms. The first-order valence-electron chi connectivity index (χ1n) is 7.09. The normalized spacial score (nSPS) is 27.8. The minimum atomic E-state index is -0.312. The van der Waals surface area contributed by atoms with Gasteiger partial charge in [0.05, 0.1) is 6.10 Å². The van der Waals surface area contributed by atoms with Gasteiger partial charge in [-0.2, -0.15) is 0 Å². The maximum Gasteiger partial charge on any atom is 0.126 e. The molecule has 1 saturated carbocycles. The van der Waals surface area contributed by atoms with Gasteiger partial charge in [0, 0.05) is 5.02 Å². The van der Waals surface area contributed by atoms with Crippen LogP contribution in [-0.2, 0) is 6.42 Å². The number of aliphatic hydroxyl groups excluding tert-OH is 1. The standard InChI is InChI=1S/C16H22ClFO/c1-10(2)11-3-6-16(19)13(7-11)8-12-9-14(17)4-5-15(12)18/h4-5,9-11,13,16,19H,3,6-8H2,1-2H3. The van der Waals surface area contributed by atoms with Crippen LogP contribution in [0.25, 0.3) is 0 Å². The van der Waals surface area contributed by atoms with E-state index in [1.54, 1.807) is 12.1 Å². The summed E-state index contributed by atoms with van der Waals surface area (Å²) in [6, 6.07) is 4.66. The fourth-order valence-corrected chi connectivity index (χ4v) is 3.29. The van der Waals surface area contributed by atoms with Gasteiger partial charge in [-0.25, -0.2) is 4.39 Å². The molecule has 2 rings (SSSR count). The summed E-state index contributed by atoms with van der Waals surface area (Å²) < 4.78 is 13.8. The van der Waals surface area contributed by atoms with Gasteiger partial charge < -0.3 is 5.11 Å². The van der Waals surface area contributed by atoms with Crippen molar-refractivity contribution in [3.63, 3.8) is 0 Å².